The SMILES string of the molecule is CCn1ccnc1CC(Cc1ccccn1)NC. The molecule has 0 amide bonds. The van der Waals surface area contributed by atoms with E-state index in [0.717, 1.165) is 30.9 Å². The van der Waals surface area contributed by atoms with E-state index < -0.39 is 0 Å². The summed E-state index contributed by atoms with van der Waals surface area (Å²) in [4.78, 5) is 8.79. The van der Waals surface area contributed by atoms with Gasteiger partial charge >= 0.3 is 0 Å². The van der Waals surface area contributed by atoms with Gasteiger partial charge in [0.25, 0.3) is 0 Å². The predicted octanol–water partition coefficient (Wildman–Crippen LogP) is 1.67. The first-order valence-corrected chi connectivity index (χ1v) is 6.40. The van der Waals surface area contributed by atoms with Crippen molar-refractivity contribution in [1.82, 2.24) is 19.9 Å². The molecule has 18 heavy (non-hydrogen) atoms. The fraction of sp³-hybridized carbons (Fsp3) is 0.429. The molecule has 96 valence electrons. The molecule has 0 bridgehead atoms. The first kappa shape index (κ1) is 12.8. The van der Waals surface area contributed by atoms with Crippen LogP contribution in [0.3, 0.4) is 0 Å². The van der Waals surface area contributed by atoms with Crippen LogP contribution in [0.1, 0.15) is 18.4 Å². The lowest BCUT2D eigenvalue weighted by atomic mass is 10.1. The topological polar surface area (TPSA) is 42.7 Å². The first-order valence-electron chi connectivity index (χ1n) is 6.40. The second-order valence-electron chi connectivity index (χ2n) is 4.34. The largest absolute Gasteiger partial charge is 0.335 e. The molecule has 1 N–H and O–H groups in total. The minimum absolute atomic E-state index is 0.368. The third kappa shape index (κ3) is 3.17. The Kier molecular flexibility index (Phi) is 4.47. The van der Waals surface area contributed by atoms with Crippen molar-refractivity contribution in [2.75, 3.05) is 7.05 Å². The van der Waals surface area contributed by atoms with Crippen molar-refractivity contribution in [1.29, 1.82) is 0 Å². The lowest BCUT2D eigenvalue weighted by Gasteiger charge is -2.16. The second kappa shape index (κ2) is 6.31. The van der Waals surface area contributed by atoms with E-state index in [2.05, 4.69) is 32.8 Å². The number of pyridine rings is 1. The van der Waals surface area contributed by atoms with Gasteiger partial charge in [0.15, 0.2) is 0 Å². The maximum absolute atomic E-state index is 4.42. The monoisotopic (exact) mass is 244 g/mol. The third-order valence-corrected chi connectivity index (χ3v) is 3.16. The van der Waals surface area contributed by atoms with E-state index in [1.54, 1.807) is 0 Å². The molecule has 2 aromatic heterocycles. The molecule has 0 aliphatic carbocycles. The molecular formula is C14H20N4. The summed E-state index contributed by atoms with van der Waals surface area (Å²) in [6.07, 6.45) is 7.59. The molecule has 0 spiro atoms. The summed E-state index contributed by atoms with van der Waals surface area (Å²) in [7, 11) is 1.99. The molecule has 4 nitrogen and oxygen atoms in total. The van der Waals surface area contributed by atoms with Crippen molar-refractivity contribution >= 4 is 0 Å². The van der Waals surface area contributed by atoms with Gasteiger partial charge in [-0.3, -0.25) is 4.98 Å². The van der Waals surface area contributed by atoms with Crippen LogP contribution in [0.4, 0.5) is 0 Å². The smallest absolute Gasteiger partial charge is 0.110 e. The summed E-state index contributed by atoms with van der Waals surface area (Å²) in [6.45, 7) is 3.10. The molecular weight excluding hydrogens is 224 g/mol. The van der Waals surface area contributed by atoms with E-state index in [9.17, 15) is 0 Å². The Morgan fingerprint density at radius 2 is 2.11 bits per heavy atom. The Labute approximate surface area is 108 Å². The lowest BCUT2D eigenvalue weighted by molar-refractivity contribution is 0.522. The highest BCUT2D eigenvalue weighted by Crippen LogP contribution is 2.06. The fourth-order valence-corrected chi connectivity index (χ4v) is 2.09. The van der Waals surface area contributed by atoms with Crippen LogP contribution < -0.4 is 5.32 Å². The summed E-state index contributed by atoms with van der Waals surface area (Å²) >= 11 is 0. The van der Waals surface area contributed by atoms with Gasteiger partial charge in [0.1, 0.15) is 5.82 Å². The highest BCUT2D eigenvalue weighted by Gasteiger charge is 2.12. The van der Waals surface area contributed by atoms with Crippen molar-refractivity contribution in [3.8, 4) is 0 Å². The standard InChI is InChI=1S/C14H20N4/c1-3-18-9-8-17-14(18)11-13(15-2)10-12-6-4-5-7-16-12/h4-9,13,15H,3,10-11H2,1-2H3. The lowest BCUT2D eigenvalue weighted by Crippen LogP contribution is -2.31. The Bertz CT molecular complexity index is 464. The van der Waals surface area contributed by atoms with Crippen LogP contribution in [0.5, 0.6) is 0 Å². The number of aryl methyl sites for hydroxylation is 1. The number of hydrogen-bond acceptors (Lipinski definition) is 3. The van der Waals surface area contributed by atoms with Gasteiger partial charge in [0.05, 0.1) is 0 Å². The van der Waals surface area contributed by atoms with E-state index >= 15 is 0 Å². The van der Waals surface area contributed by atoms with Gasteiger partial charge in [-0.1, -0.05) is 6.07 Å². The van der Waals surface area contributed by atoms with Gasteiger partial charge in [0, 0.05) is 49.7 Å². The molecule has 0 fully saturated rings. The van der Waals surface area contributed by atoms with Crippen LogP contribution in [0.25, 0.3) is 0 Å². The summed E-state index contributed by atoms with van der Waals surface area (Å²) in [5.74, 6) is 1.13. The van der Waals surface area contributed by atoms with Gasteiger partial charge in [-0.05, 0) is 26.1 Å². The Balaban J connectivity index is 2.02. The molecule has 0 saturated carbocycles. The van der Waals surface area contributed by atoms with Crippen LogP contribution in [0.15, 0.2) is 36.8 Å². The molecule has 0 aromatic carbocycles. The maximum Gasteiger partial charge on any atom is 0.110 e. The van der Waals surface area contributed by atoms with Gasteiger partial charge in [-0.2, -0.15) is 0 Å². The van der Waals surface area contributed by atoms with E-state index in [-0.39, 0.29) is 0 Å². The van der Waals surface area contributed by atoms with Gasteiger partial charge in [-0.25, -0.2) is 4.98 Å². The minimum atomic E-state index is 0.368. The van der Waals surface area contributed by atoms with E-state index in [1.165, 1.54) is 0 Å². The molecule has 0 saturated heterocycles. The number of aromatic nitrogens is 3. The van der Waals surface area contributed by atoms with Crippen LogP contribution >= 0.6 is 0 Å². The van der Waals surface area contributed by atoms with Crippen molar-refractivity contribution in [2.45, 2.75) is 32.4 Å². The molecule has 0 aliphatic heterocycles. The average Bonchev–Trinajstić information content (AvgIpc) is 2.86. The zero-order chi connectivity index (χ0) is 12.8. The Morgan fingerprint density at radius 1 is 1.22 bits per heavy atom. The molecule has 4 heteroatoms. The Morgan fingerprint density at radius 3 is 2.78 bits per heavy atom. The first-order chi connectivity index (χ1) is 8.83. The van der Waals surface area contributed by atoms with Crippen molar-refractivity contribution in [3.05, 3.63) is 48.3 Å². The van der Waals surface area contributed by atoms with E-state index in [1.807, 2.05) is 37.8 Å². The number of likely N-dealkylation sites (N-methyl/N-ethyl adjacent to an activating group) is 1. The maximum atomic E-state index is 4.42. The van der Waals surface area contributed by atoms with Crippen LogP contribution in [0.2, 0.25) is 0 Å². The Hall–Kier alpha value is -1.68. The zero-order valence-corrected chi connectivity index (χ0v) is 11.0. The quantitative estimate of drug-likeness (QED) is 0.840. The summed E-state index contributed by atoms with van der Waals surface area (Å²) in [5, 5.41) is 3.35. The molecule has 2 aromatic rings. The molecule has 1 unspecified atom stereocenters. The molecule has 0 radical (unpaired) electrons. The summed E-state index contributed by atoms with van der Waals surface area (Å²) < 4.78 is 2.18. The fourth-order valence-electron chi connectivity index (χ4n) is 2.09. The minimum Gasteiger partial charge on any atom is -0.335 e. The summed E-state index contributed by atoms with van der Waals surface area (Å²) in [6, 6.07) is 6.41. The second-order valence-corrected chi connectivity index (χ2v) is 4.34. The normalized spacial score (nSPS) is 12.6. The number of nitrogens with zero attached hydrogens (tertiary/aromatic N) is 3. The van der Waals surface area contributed by atoms with E-state index in [0.29, 0.717) is 6.04 Å². The van der Waals surface area contributed by atoms with E-state index in [4.69, 9.17) is 0 Å². The van der Waals surface area contributed by atoms with Gasteiger partial charge in [-0.15, -0.1) is 0 Å². The number of imidazole rings is 1. The van der Waals surface area contributed by atoms with Crippen LogP contribution in [-0.4, -0.2) is 27.6 Å². The average molecular weight is 244 g/mol. The molecule has 2 rings (SSSR count). The predicted molar refractivity (Wildman–Crippen MR) is 72.4 cm³/mol. The highest BCUT2D eigenvalue weighted by atomic mass is 15.1. The van der Waals surface area contributed by atoms with Crippen molar-refractivity contribution < 1.29 is 0 Å². The number of nitrogens with one attached hydrogen (secondary N) is 1. The molecule has 1 atom stereocenters. The highest BCUT2D eigenvalue weighted by molar-refractivity contribution is 5.06. The van der Waals surface area contributed by atoms with Crippen molar-refractivity contribution in [2.24, 2.45) is 0 Å². The zero-order valence-electron chi connectivity index (χ0n) is 11.0. The number of rotatable bonds is 6. The molecule has 0 aliphatic rings. The van der Waals surface area contributed by atoms with Gasteiger partial charge in [0.2, 0.25) is 0 Å². The number of hydrogen-bond donors (Lipinski definition) is 1. The van der Waals surface area contributed by atoms with Crippen LogP contribution in [-0.2, 0) is 19.4 Å². The summed E-state index contributed by atoms with van der Waals surface area (Å²) in [5.41, 5.74) is 1.12. The van der Waals surface area contributed by atoms with Crippen LogP contribution in [0, 0.1) is 0 Å². The van der Waals surface area contributed by atoms with Gasteiger partial charge < -0.3 is 9.88 Å². The third-order valence-electron chi connectivity index (χ3n) is 3.16. The molecule has 2 heterocycles. The van der Waals surface area contributed by atoms with Crippen molar-refractivity contribution in [3.63, 3.8) is 0 Å².